The van der Waals surface area contributed by atoms with Crippen molar-refractivity contribution in [3.05, 3.63) is 35.4 Å². The summed E-state index contributed by atoms with van der Waals surface area (Å²) in [6.45, 7) is -0.203. The molecule has 6 nitrogen and oxygen atoms in total. The zero-order chi connectivity index (χ0) is 17.4. The van der Waals surface area contributed by atoms with E-state index in [1.54, 1.807) is 0 Å². The van der Waals surface area contributed by atoms with Gasteiger partial charge in [0.2, 0.25) is 5.91 Å². The highest BCUT2D eigenvalue weighted by molar-refractivity contribution is 6.09. The summed E-state index contributed by atoms with van der Waals surface area (Å²) < 4.78 is 0. The molecule has 1 aromatic rings. The lowest BCUT2D eigenvalue weighted by Crippen LogP contribution is -2.45. The smallest absolute Gasteiger partial charge is 0.325 e. The Bertz CT molecular complexity index is 724. The molecule has 132 valence electrons. The minimum Gasteiger partial charge on any atom is -0.348 e. The number of hydrogen-bond acceptors (Lipinski definition) is 3. The highest BCUT2D eigenvalue weighted by Crippen LogP contribution is 2.35. The Morgan fingerprint density at radius 3 is 2.76 bits per heavy atom. The topological polar surface area (TPSA) is 78.5 Å². The average Bonchev–Trinajstić information content (AvgIpc) is 3.16. The van der Waals surface area contributed by atoms with E-state index in [1.165, 1.54) is 5.56 Å². The molecule has 1 saturated heterocycles. The molecule has 4 amide bonds. The van der Waals surface area contributed by atoms with Crippen molar-refractivity contribution >= 4 is 17.8 Å². The number of amides is 4. The molecule has 3 aliphatic rings. The fraction of sp³-hybridized carbons (Fsp3) is 0.526. The number of carbonyl (C=O) groups is 3. The van der Waals surface area contributed by atoms with Crippen LogP contribution in [-0.2, 0) is 16.0 Å². The lowest BCUT2D eigenvalue weighted by atomic mass is 9.88. The predicted octanol–water partition coefficient (Wildman–Crippen LogP) is 2.04. The fourth-order valence-corrected chi connectivity index (χ4v) is 4.42. The van der Waals surface area contributed by atoms with Crippen LogP contribution in [0.3, 0.4) is 0 Å². The Hall–Kier alpha value is -2.37. The van der Waals surface area contributed by atoms with Crippen LogP contribution in [0.1, 0.15) is 55.7 Å². The van der Waals surface area contributed by atoms with E-state index in [9.17, 15) is 14.4 Å². The zero-order valence-corrected chi connectivity index (χ0v) is 14.2. The molecule has 1 spiro atoms. The van der Waals surface area contributed by atoms with Gasteiger partial charge in [-0.1, -0.05) is 37.1 Å². The lowest BCUT2D eigenvalue weighted by molar-refractivity contribution is -0.135. The molecule has 1 heterocycles. The summed E-state index contributed by atoms with van der Waals surface area (Å²) in [6, 6.07) is 7.64. The highest BCUT2D eigenvalue weighted by Gasteiger charge is 2.52. The van der Waals surface area contributed by atoms with Crippen LogP contribution >= 0.6 is 0 Å². The largest absolute Gasteiger partial charge is 0.348 e. The lowest BCUT2D eigenvalue weighted by Gasteiger charge is -2.27. The van der Waals surface area contributed by atoms with Crippen LogP contribution in [0.4, 0.5) is 4.79 Å². The molecular formula is C19H23N3O3. The van der Waals surface area contributed by atoms with E-state index < -0.39 is 11.6 Å². The van der Waals surface area contributed by atoms with Gasteiger partial charge < -0.3 is 10.6 Å². The Morgan fingerprint density at radius 2 is 1.96 bits per heavy atom. The molecule has 0 bridgehead atoms. The van der Waals surface area contributed by atoms with Crippen molar-refractivity contribution in [1.29, 1.82) is 0 Å². The first-order chi connectivity index (χ1) is 12.1. The molecule has 1 aromatic carbocycles. The molecule has 6 heteroatoms. The van der Waals surface area contributed by atoms with Crippen molar-refractivity contribution in [2.75, 3.05) is 6.54 Å². The van der Waals surface area contributed by atoms with Crippen LogP contribution in [0.5, 0.6) is 0 Å². The van der Waals surface area contributed by atoms with Gasteiger partial charge in [0.05, 0.1) is 6.04 Å². The number of nitrogens with one attached hydrogen (secondary N) is 2. The van der Waals surface area contributed by atoms with Crippen LogP contribution in [0, 0.1) is 0 Å². The van der Waals surface area contributed by atoms with Crippen molar-refractivity contribution in [1.82, 2.24) is 15.5 Å². The van der Waals surface area contributed by atoms with Crippen molar-refractivity contribution in [2.45, 2.75) is 56.5 Å². The summed E-state index contributed by atoms with van der Waals surface area (Å²) in [6.07, 6.45) is 6.15. The molecule has 1 saturated carbocycles. The normalized spacial score (nSPS) is 24.3. The number of nitrogens with zero attached hydrogens (tertiary/aromatic N) is 1. The van der Waals surface area contributed by atoms with E-state index in [0.29, 0.717) is 12.8 Å². The summed E-state index contributed by atoms with van der Waals surface area (Å²) in [5.74, 6) is -0.519. The van der Waals surface area contributed by atoms with E-state index in [2.05, 4.69) is 16.7 Å². The van der Waals surface area contributed by atoms with Crippen LogP contribution in [0.25, 0.3) is 0 Å². The first-order valence-electron chi connectivity index (χ1n) is 9.10. The van der Waals surface area contributed by atoms with E-state index in [0.717, 1.165) is 42.6 Å². The quantitative estimate of drug-likeness (QED) is 0.826. The van der Waals surface area contributed by atoms with E-state index in [-0.39, 0.29) is 24.4 Å². The minimum atomic E-state index is -0.755. The van der Waals surface area contributed by atoms with E-state index in [4.69, 9.17) is 0 Å². The van der Waals surface area contributed by atoms with Gasteiger partial charge in [0.25, 0.3) is 5.91 Å². The molecule has 0 radical (unpaired) electrons. The van der Waals surface area contributed by atoms with Gasteiger partial charge in [0, 0.05) is 0 Å². The predicted molar refractivity (Wildman–Crippen MR) is 91.7 cm³/mol. The maximum Gasteiger partial charge on any atom is 0.325 e. The first kappa shape index (κ1) is 16.1. The van der Waals surface area contributed by atoms with Crippen LogP contribution < -0.4 is 10.6 Å². The monoisotopic (exact) mass is 341 g/mol. The average molecular weight is 341 g/mol. The summed E-state index contributed by atoms with van der Waals surface area (Å²) in [5.41, 5.74) is 1.65. The zero-order valence-electron chi connectivity index (χ0n) is 14.2. The van der Waals surface area contributed by atoms with Crippen molar-refractivity contribution in [3.8, 4) is 0 Å². The van der Waals surface area contributed by atoms with Gasteiger partial charge in [-0.15, -0.1) is 0 Å². The minimum absolute atomic E-state index is 0.0429. The van der Waals surface area contributed by atoms with Gasteiger partial charge in [-0.25, -0.2) is 4.79 Å². The van der Waals surface area contributed by atoms with Gasteiger partial charge in [0.1, 0.15) is 12.1 Å². The van der Waals surface area contributed by atoms with Gasteiger partial charge in [-0.05, 0) is 43.2 Å². The number of fused-ring (bicyclic) bond motifs is 1. The number of aryl methyl sites for hydroxylation is 1. The second kappa shape index (κ2) is 6.17. The molecule has 1 atom stereocenters. The van der Waals surface area contributed by atoms with Crippen LogP contribution in [0.2, 0.25) is 0 Å². The standard InChI is InChI=1S/C19H23N3O3/c23-16(20-15-9-5-7-13-6-1-2-8-14(13)15)12-22-17(24)19(21-18(22)25)10-3-4-11-19/h1-2,6,8,15H,3-5,7,9-12H2,(H,20,23)(H,21,25)/t15-/m1/s1. The molecule has 2 aliphatic carbocycles. The summed E-state index contributed by atoms with van der Waals surface area (Å²) in [7, 11) is 0. The summed E-state index contributed by atoms with van der Waals surface area (Å²) in [5, 5.41) is 5.82. The van der Waals surface area contributed by atoms with Crippen molar-refractivity contribution in [2.24, 2.45) is 0 Å². The third kappa shape index (κ3) is 2.79. The maximum atomic E-state index is 12.6. The molecule has 0 aromatic heterocycles. The summed E-state index contributed by atoms with van der Waals surface area (Å²) >= 11 is 0. The van der Waals surface area contributed by atoms with Gasteiger partial charge in [0.15, 0.2) is 0 Å². The molecule has 0 unspecified atom stereocenters. The number of urea groups is 1. The Labute approximate surface area is 147 Å². The molecule has 4 rings (SSSR count). The number of imide groups is 1. The van der Waals surface area contributed by atoms with Crippen LogP contribution in [0.15, 0.2) is 24.3 Å². The number of rotatable bonds is 3. The van der Waals surface area contributed by atoms with Crippen LogP contribution in [-0.4, -0.2) is 34.8 Å². The highest BCUT2D eigenvalue weighted by atomic mass is 16.2. The Kier molecular flexibility index (Phi) is 3.98. The van der Waals surface area contributed by atoms with Gasteiger partial charge in [-0.3, -0.25) is 14.5 Å². The molecular weight excluding hydrogens is 318 g/mol. The maximum absolute atomic E-state index is 12.6. The third-order valence-electron chi connectivity index (χ3n) is 5.71. The van der Waals surface area contributed by atoms with Gasteiger partial charge in [-0.2, -0.15) is 0 Å². The second-order valence-corrected chi connectivity index (χ2v) is 7.32. The molecule has 2 N–H and O–H groups in total. The number of hydrogen-bond donors (Lipinski definition) is 2. The molecule has 25 heavy (non-hydrogen) atoms. The number of benzene rings is 1. The Morgan fingerprint density at radius 1 is 1.20 bits per heavy atom. The molecule has 2 fully saturated rings. The number of carbonyl (C=O) groups excluding carboxylic acids is 3. The van der Waals surface area contributed by atoms with E-state index in [1.807, 2.05) is 18.2 Å². The van der Waals surface area contributed by atoms with Crippen molar-refractivity contribution in [3.63, 3.8) is 0 Å². The first-order valence-corrected chi connectivity index (χ1v) is 9.10. The third-order valence-corrected chi connectivity index (χ3v) is 5.71. The van der Waals surface area contributed by atoms with Gasteiger partial charge >= 0.3 is 6.03 Å². The Balaban J connectivity index is 1.43. The van der Waals surface area contributed by atoms with Crippen molar-refractivity contribution < 1.29 is 14.4 Å². The second-order valence-electron chi connectivity index (χ2n) is 7.32. The summed E-state index contributed by atoms with van der Waals surface area (Å²) in [4.78, 5) is 38.4. The fourth-order valence-electron chi connectivity index (χ4n) is 4.42. The SMILES string of the molecule is O=C(CN1C(=O)NC2(CCCC2)C1=O)N[C@@H]1CCCc2ccccc21. The van der Waals surface area contributed by atoms with E-state index >= 15 is 0 Å². The molecule has 1 aliphatic heterocycles.